The Morgan fingerprint density at radius 2 is 1.04 bits per heavy atom. The Kier molecular flexibility index (Phi) is 3.81. The first-order valence-corrected chi connectivity index (χ1v) is 9.00. The van der Waals surface area contributed by atoms with Gasteiger partial charge in [0.2, 0.25) is 0 Å². The number of rotatable bonds is 2. The van der Waals surface area contributed by atoms with E-state index in [0.717, 1.165) is 22.3 Å². The van der Waals surface area contributed by atoms with Crippen LogP contribution in [-0.4, -0.2) is 0 Å². The Morgan fingerprint density at radius 1 is 0.536 bits per heavy atom. The van der Waals surface area contributed by atoms with E-state index in [-0.39, 0.29) is 0 Å². The molecule has 0 spiro atoms. The van der Waals surface area contributed by atoms with Gasteiger partial charge in [-0.1, -0.05) is 60.7 Å². The van der Waals surface area contributed by atoms with Crippen molar-refractivity contribution in [1.29, 1.82) is 5.26 Å². The molecule has 28 heavy (non-hydrogen) atoms. The van der Waals surface area contributed by atoms with Crippen molar-refractivity contribution in [1.82, 2.24) is 0 Å². The summed E-state index contributed by atoms with van der Waals surface area (Å²) in [5.41, 5.74) is 4.89. The Balaban J connectivity index is 1.69. The number of nitriles is 1. The summed E-state index contributed by atoms with van der Waals surface area (Å²) in [5.74, 6) is 2.47. The first-order chi connectivity index (χ1) is 13.8. The van der Waals surface area contributed by atoms with Crippen LogP contribution in [0.2, 0.25) is 0 Å². The molecular weight excluding hydrogens is 346 g/mol. The zero-order valence-corrected chi connectivity index (χ0v) is 14.9. The quantitative estimate of drug-likeness (QED) is 0.347. The lowest BCUT2D eigenvalue weighted by Crippen LogP contribution is -2.00. The van der Waals surface area contributed by atoms with Gasteiger partial charge in [0.25, 0.3) is 0 Å². The third kappa shape index (κ3) is 2.78. The molecule has 4 aromatic carbocycles. The van der Waals surface area contributed by atoms with Crippen LogP contribution in [0.15, 0.2) is 91.0 Å². The van der Waals surface area contributed by atoms with E-state index in [4.69, 9.17) is 14.7 Å². The van der Waals surface area contributed by atoms with Gasteiger partial charge in [-0.15, -0.1) is 0 Å². The van der Waals surface area contributed by atoms with Crippen molar-refractivity contribution in [2.75, 3.05) is 0 Å². The molecule has 0 aliphatic carbocycles. The molecule has 0 bridgehead atoms. The molecule has 1 aliphatic rings. The third-order valence-corrected chi connectivity index (χ3v) is 4.77. The molecule has 1 aliphatic heterocycles. The lowest BCUT2D eigenvalue weighted by molar-refractivity contribution is 0.360. The number of hydrogen-bond donors (Lipinski definition) is 0. The maximum Gasteiger partial charge on any atom is 0.171 e. The smallest absolute Gasteiger partial charge is 0.171 e. The van der Waals surface area contributed by atoms with Crippen LogP contribution in [-0.2, 0) is 0 Å². The number of hydrogen-bond acceptors (Lipinski definition) is 3. The molecule has 132 valence electrons. The molecule has 0 radical (unpaired) electrons. The minimum Gasteiger partial charge on any atom is -0.449 e. The molecule has 0 amide bonds. The molecular formula is C25H15NO2. The van der Waals surface area contributed by atoms with E-state index in [0.29, 0.717) is 28.6 Å². The van der Waals surface area contributed by atoms with Crippen molar-refractivity contribution >= 4 is 0 Å². The standard InChI is InChI=1S/C25H15NO2/c26-16-17-11-12-22-23(13-17)28-25-15-21(19-9-5-2-6-10-19)20(14-24(25)27-22)18-7-3-1-4-8-18/h1-15H. The second-order valence-electron chi connectivity index (χ2n) is 6.55. The van der Waals surface area contributed by atoms with E-state index in [1.165, 1.54) is 0 Å². The molecule has 5 rings (SSSR count). The van der Waals surface area contributed by atoms with Crippen LogP contribution in [0.3, 0.4) is 0 Å². The molecule has 0 fully saturated rings. The van der Waals surface area contributed by atoms with E-state index >= 15 is 0 Å². The average Bonchev–Trinajstić information content (AvgIpc) is 2.77. The predicted molar refractivity (Wildman–Crippen MR) is 109 cm³/mol. The highest BCUT2D eigenvalue weighted by Crippen LogP contribution is 2.49. The minimum absolute atomic E-state index is 0.537. The van der Waals surface area contributed by atoms with Crippen LogP contribution >= 0.6 is 0 Å². The number of fused-ring (bicyclic) bond motifs is 2. The summed E-state index contributed by atoms with van der Waals surface area (Å²) < 4.78 is 12.2. The van der Waals surface area contributed by atoms with Gasteiger partial charge in [-0.3, -0.25) is 0 Å². The second-order valence-corrected chi connectivity index (χ2v) is 6.55. The molecule has 4 aromatic rings. The van der Waals surface area contributed by atoms with Gasteiger partial charge in [-0.05, 0) is 46.5 Å². The summed E-state index contributed by atoms with van der Waals surface area (Å²) in [6.45, 7) is 0. The van der Waals surface area contributed by atoms with Crippen LogP contribution in [0, 0.1) is 11.3 Å². The van der Waals surface area contributed by atoms with Crippen LogP contribution in [0.5, 0.6) is 23.0 Å². The van der Waals surface area contributed by atoms with Crippen molar-refractivity contribution in [3.05, 3.63) is 96.6 Å². The third-order valence-electron chi connectivity index (χ3n) is 4.77. The van der Waals surface area contributed by atoms with Crippen molar-refractivity contribution in [3.63, 3.8) is 0 Å². The first kappa shape index (κ1) is 16.2. The zero-order chi connectivity index (χ0) is 18.9. The zero-order valence-electron chi connectivity index (χ0n) is 14.9. The topological polar surface area (TPSA) is 42.2 Å². The first-order valence-electron chi connectivity index (χ1n) is 9.00. The second kappa shape index (κ2) is 6.61. The highest BCUT2D eigenvalue weighted by atomic mass is 16.6. The normalized spacial score (nSPS) is 11.4. The Labute approximate surface area is 163 Å². The fourth-order valence-electron chi connectivity index (χ4n) is 3.41. The highest BCUT2D eigenvalue weighted by Gasteiger charge is 2.22. The van der Waals surface area contributed by atoms with Gasteiger partial charge in [0.15, 0.2) is 23.0 Å². The fraction of sp³-hybridized carbons (Fsp3) is 0. The number of ether oxygens (including phenoxy) is 2. The van der Waals surface area contributed by atoms with E-state index in [9.17, 15) is 0 Å². The van der Waals surface area contributed by atoms with Crippen molar-refractivity contribution < 1.29 is 9.47 Å². The summed E-state index contributed by atoms with van der Waals surface area (Å²) in [7, 11) is 0. The lowest BCUT2D eigenvalue weighted by Gasteiger charge is -2.23. The molecule has 0 unspecified atom stereocenters. The largest absolute Gasteiger partial charge is 0.449 e. The van der Waals surface area contributed by atoms with Crippen LogP contribution in [0.25, 0.3) is 22.3 Å². The van der Waals surface area contributed by atoms with Crippen molar-refractivity contribution in [3.8, 4) is 51.3 Å². The Bertz CT molecular complexity index is 1210. The van der Waals surface area contributed by atoms with Gasteiger partial charge in [0.1, 0.15) is 0 Å². The highest BCUT2D eigenvalue weighted by molar-refractivity contribution is 5.86. The average molecular weight is 361 g/mol. The molecule has 0 atom stereocenters. The van der Waals surface area contributed by atoms with Gasteiger partial charge in [0, 0.05) is 6.07 Å². The van der Waals surface area contributed by atoms with E-state index in [2.05, 4.69) is 30.3 Å². The minimum atomic E-state index is 0.537. The van der Waals surface area contributed by atoms with Crippen LogP contribution in [0.1, 0.15) is 5.56 Å². The van der Waals surface area contributed by atoms with E-state index < -0.39 is 0 Å². The van der Waals surface area contributed by atoms with Gasteiger partial charge in [-0.2, -0.15) is 5.26 Å². The number of benzene rings is 4. The lowest BCUT2D eigenvalue weighted by atomic mass is 9.93. The molecule has 3 heteroatoms. The summed E-state index contributed by atoms with van der Waals surface area (Å²) in [6.07, 6.45) is 0. The molecule has 1 heterocycles. The van der Waals surface area contributed by atoms with Crippen LogP contribution in [0.4, 0.5) is 0 Å². The maximum atomic E-state index is 9.14. The summed E-state index contributed by atoms with van der Waals surface area (Å²) in [5, 5.41) is 9.14. The van der Waals surface area contributed by atoms with Crippen molar-refractivity contribution in [2.24, 2.45) is 0 Å². The van der Waals surface area contributed by atoms with Gasteiger partial charge in [0.05, 0.1) is 11.6 Å². The molecule has 0 saturated carbocycles. The molecule has 0 saturated heterocycles. The molecule has 3 nitrogen and oxygen atoms in total. The summed E-state index contributed by atoms with van der Waals surface area (Å²) in [4.78, 5) is 0. The molecule has 0 N–H and O–H groups in total. The summed E-state index contributed by atoms with van der Waals surface area (Å²) >= 11 is 0. The van der Waals surface area contributed by atoms with Crippen LogP contribution < -0.4 is 9.47 Å². The monoisotopic (exact) mass is 361 g/mol. The van der Waals surface area contributed by atoms with Crippen molar-refractivity contribution in [2.45, 2.75) is 0 Å². The van der Waals surface area contributed by atoms with Gasteiger partial charge < -0.3 is 9.47 Å². The number of nitrogens with zero attached hydrogens (tertiary/aromatic N) is 1. The van der Waals surface area contributed by atoms with E-state index in [1.54, 1.807) is 18.2 Å². The Morgan fingerprint density at radius 3 is 1.57 bits per heavy atom. The SMILES string of the molecule is N#Cc1ccc2c(c1)Oc1cc(-c3ccccc3)c(-c3ccccc3)cc1O2. The maximum absolute atomic E-state index is 9.14. The van der Waals surface area contributed by atoms with Gasteiger partial charge in [-0.25, -0.2) is 0 Å². The van der Waals surface area contributed by atoms with Gasteiger partial charge >= 0.3 is 0 Å². The molecule has 0 aromatic heterocycles. The Hall–Kier alpha value is -4.03. The fourth-order valence-corrected chi connectivity index (χ4v) is 3.41. The van der Waals surface area contributed by atoms with E-state index in [1.807, 2.05) is 48.5 Å². The summed E-state index contributed by atoms with van der Waals surface area (Å²) in [6, 6.07) is 31.8. The predicted octanol–water partition coefficient (Wildman–Crippen LogP) is 6.79.